The third-order valence-electron chi connectivity index (χ3n) is 3.19. The van der Waals surface area contributed by atoms with Crippen molar-refractivity contribution in [2.75, 3.05) is 4.72 Å². The summed E-state index contributed by atoms with van der Waals surface area (Å²) < 4.78 is 31.9. The molecule has 0 atom stereocenters. The number of nitrogens with zero attached hydrogens (tertiary/aromatic N) is 1. The molecule has 112 valence electrons. The van der Waals surface area contributed by atoms with Gasteiger partial charge in [-0.1, -0.05) is 11.2 Å². The number of carboxylic acids is 1. The molecule has 0 saturated heterocycles. The van der Waals surface area contributed by atoms with Crippen LogP contribution in [0, 0.1) is 20.8 Å². The van der Waals surface area contributed by atoms with Gasteiger partial charge in [0.2, 0.25) is 5.88 Å². The standard InChI is InChI=1S/C13H14N2O5S/c1-7-9(3)14-20-12(7)15-21(18,19)11-6-4-5-10(8(11)2)13(16)17/h4-6,15H,1-3H3,(H,16,17). The van der Waals surface area contributed by atoms with Crippen LogP contribution in [0.4, 0.5) is 5.88 Å². The minimum Gasteiger partial charge on any atom is -0.478 e. The van der Waals surface area contributed by atoms with E-state index in [1.807, 2.05) is 0 Å². The van der Waals surface area contributed by atoms with Gasteiger partial charge in [0.15, 0.2) is 0 Å². The summed E-state index contributed by atoms with van der Waals surface area (Å²) in [5.74, 6) is -1.16. The molecule has 2 rings (SSSR count). The van der Waals surface area contributed by atoms with E-state index in [-0.39, 0.29) is 21.9 Å². The fourth-order valence-corrected chi connectivity index (χ4v) is 3.14. The smallest absolute Gasteiger partial charge is 0.335 e. The molecule has 0 aliphatic heterocycles. The minimum atomic E-state index is -3.96. The molecule has 2 aromatic rings. The first-order valence-corrected chi connectivity index (χ1v) is 7.51. The molecule has 7 nitrogen and oxygen atoms in total. The van der Waals surface area contributed by atoms with Crippen LogP contribution in [-0.4, -0.2) is 24.7 Å². The lowest BCUT2D eigenvalue weighted by Gasteiger charge is -2.10. The second-order valence-electron chi connectivity index (χ2n) is 4.56. The molecule has 0 amide bonds. The van der Waals surface area contributed by atoms with Crippen LogP contribution in [0.25, 0.3) is 0 Å². The Labute approximate surface area is 121 Å². The summed E-state index contributed by atoms with van der Waals surface area (Å²) in [6.07, 6.45) is 0. The van der Waals surface area contributed by atoms with E-state index >= 15 is 0 Å². The Morgan fingerprint density at radius 1 is 1.24 bits per heavy atom. The summed E-state index contributed by atoms with van der Waals surface area (Å²) in [7, 11) is -3.96. The lowest BCUT2D eigenvalue weighted by Crippen LogP contribution is -2.16. The van der Waals surface area contributed by atoms with Gasteiger partial charge in [0.25, 0.3) is 10.0 Å². The molecule has 0 unspecified atom stereocenters. The van der Waals surface area contributed by atoms with E-state index in [0.717, 1.165) is 0 Å². The van der Waals surface area contributed by atoms with Gasteiger partial charge in [-0.25, -0.2) is 17.9 Å². The van der Waals surface area contributed by atoms with Gasteiger partial charge in [-0.2, -0.15) is 0 Å². The summed E-state index contributed by atoms with van der Waals surface area (Å²) in [4.78, 5) is 11.0. The third-order valence-corrected chi connectivity index (χ3v) is 4.66. The molecule has 1 heterocycles. The number of nitrogens with one attached hydrogen (secondary N) is 1. The lowest BCUT2D eigenvalue weighted by molar-refractivity contribution is 0.0696. The zero-order valence-corrected chi connectivity index (χ0v) is 12.5. The number of hydrogen-bond acceptors (Lipinski definition) is 5. The Balaban J connectivity index is 2.48. The van der Waals surface area contributed by atoms with Crippen LogP contribution in [0.5, 0.6) is 0 Å². The molecule has 8 heteroatoms. The topological polar surface area (TPSA) is 110 Å². The van der Waals surface area contributed by atoms with Crippen molar-refractivity contribution in [2.24, 2.45) is 0 Å². The average Bonchev–Trinajstić information content (AvgIpc) is 2.70. The van der Waals surface area contributed by atoms with Gasteiger partial charge in [0.1, 0.15) is 0 Å². The normalized spacial score (nSPS) is 11.4. The first-order chi connectivity index (χ1) is 9.74. The zero-order valence-electron chi connectivity index (χ0n) is 11.7. The van der Waals surface area contributed by atoms with Crippen LogP contribution in [0.2, 0.25) is 0 Å². The van der Waals surface area contributed by atoms with Crippen LogP contribution < -0.4 is 4.72 Å². The minimum absolute atomic E-state index is 0.0210. The van der Waals surface area contributed by atoms with E-state index in [0.29, 0.717) is 11.3 Å². The molecule has 0 spiro atoms. The number of aromatic carboxylic acids is 1. The van der Waals surface area contributed by atoms with Crippen LogP contribution >= 0.6 is 0 Å². The Morgan fingerprint density at radius 3 is 2.43 bits per heavy atom. The number of anilines is 1. The predicted molar refractivity (Wildman–Crippen MR) is 74.9 cm³/mol. The van der Waals surface area contributed by atoms with Crippen LogP contribution in [0.15, 0.2) is 27.6 Å². The highest BCUT2D eigenvalue weighted by Crippen LogP contribution is 2.24. The molecular weight excluding hydrogens is 296 g/mol. The second kappa shape index (κ2) is 5.21. The molecule has 0 aliphatic carbocycles. The Hall–Kier alpha value is -2.35. The van der Waals surface area contributed by atoms with Crippen molar-refractivity contribution in [1.82, 2.24) is 5.16 Å². The number of aromatic nitrogens is 1. The Bertz CT molecular complexity index is 808. The summed E-state index contributed by atoms with van der Waals surface area (Å²) in [6.45, 7) is 4.80. The van der Waals surface area contributed by atoms with Crippen LogP contribution in [0.3, 0.4) is 0 Å². The number of sulfonamides is 1. The van der Waals surface area contributed by atoms with Gasteiger partial charge in [0.05, 0.1) is 16.2 Å². The average molecular weight is 310 g/mol. The van der Waals surface area contributed by atoms with E-state index < -0.39 is 16.0 Å². The predicted octanol–water partition coefficient (Wildman–Crippen LogP) is 2.10. The third kappa shape index (κ3) is 2.75. The molecule has 21 heavy (non-hydrogen) atoms. The van der Waals surface area contributed by atoms with E-state index in [1.165, 1.54) is 25.1 Å². The van der Waals surface area contributed by atoms with Gasteiger partial charge >= 0.3 is 5.97 Å². The highest BCUT2D eigenvalue weighted by atomic mass is 32.2. The Kier molecular flexibility index (Phi) is 3.73. The zero-order chi connectivity index (χ0) is 15.8. The summed E-state index contributed by atoms with van der Waals surface area (Å²) >= 11 is 0. The van der Waals surface area contributed by atoms with Crippen molar-refractivity contribution in [3.8, 4) is 0 Å². The van der Waals surface area contributed by atoms with Crippen molar-refractivity contribution in [3.63, 3.8) is 0 Å². The number of carboxylic acid groups (broad SMARTS) is 1. The molecule has 0 aliphatic rings. The molecule has 0 bridgehead atoms. The van der Waals surface area contributed by atoms with E-state index in [9.17, 15) is 13.2 Å². The maximum Gasteiger partial charge on any atom is 0.335 e. The monoisotopic (exact) mass is 310 g/mol. The van der Waals surface area contributed by atoms with E-state index in [4.69, 9.17) is 9.63 Å². The maximum absolute atomic E-state index is 12.4. The van der Waals surface area contributed by atoms with E-state index in [1.54, 1.807) is 13.8 Å². The number of rotatable bonds is 4. The molecular formula is C13H14N2O5S. The number of benzene rings is 1. The number of hydrogen-bond donors (Lipinski definition) is 2. The SMILES string of the molecule is Cc1noc(NS(=O)(=O)c2cccc(C(=O)O)c2C)c1C. The van der Waals surface area contributed by atoms with Crippen LogP contribution in [-0.2, 0) is 10.0 Å². The molecule has 0 radical (unpaired) electrons. The fourth-order valence-electron chi connectivity index (χ4n) is 1.82. The molecule has 1 aromatic carbocycles. The molecule has 2 N–H and O–H groups in total. The maximum atomic E-state index is 12.4. The summed E-state index contributed by atoms with van der Waals surface area (Å²) in [5.41, 5.74) is 1.24. The van der Waals surface area contributed by atoms with Crippen LogP contribution in [0.1, 0.15) is 27.2 Å². The van der Waals surface area contributed by atoms with Crippen molar-refractivity contribution >= 4 is 21.9 Å². The molecule has 1 aromatic heterocycles. The Morgan fingerprint density at radius 2 is 1.90 bits per heavy atom. The van der Waals surface area contributed by atoms with Gasteiger partial charge in [-0.3, -0.25) is 0 Å². The first-order valence-electron chi connectivity index (χ1n) is 6.02. The van der Waals surface area contributed by atoms with Gasteiger partial charge in [0, 0.05) is 5.56 Å². The van der Waals surface area contributed by atoms with Gasteiger partial charge in [-0.15, -0.1) is 0 Å². The highest BCUT2D eigenvalue weighted by Gasteiger charge is 2.23. The van der Waals surface area contributed by atoms with Crippen molar-refractivity contribution in [3.05, 3.63) is 40.6 Å². The largest absolute Gasteiger partial charge is 0.478 e. The quantitative estimate of drug-likeness (QED) is 0.895. The van der Waals surface area contributed by atoms with Gasteiger partial charge < -0.3 is 9.63 Å². The number of carbonyl (C=O) groups is 1. The molecule has 0 saturated carbocycles. The van der Waals surface area contributed by atoms with Crippen molar-refractivity contribution in [1.29, 1.82) is 0 Å². The lowest BCUT2D eigenvalue weighted by atomic mass is 10.1. The molecule has 0 fully saturated rings. The fraction of sp³-hybridized carbons (Fsp3) is 0.231. The first kappa shape index (κ1) is 15.0. The van der Waals surface area contributed by atoms with E-state index in [2.05, 4.69) is 9.88 Å². The van der Waals surface area contributed by atoms with Crippen molar-refractivity contribution < 1.29 is 22.8 Å². The summed E-state index contributed by atoms with van der Waals surface area (Å²) in [5, 5.41) is 12.7. The van der Waals surface area contributed by atoms with Crippen molar-refractivity contribution in [2.45, 2.75) is 25.7 Å². The highest BCUT2D eigenvalue weighted by molar-refractivity contribution is 7.92. The summed E-state index contributed by atoms with van der Waals surface area (Å²) in [6, 6.07) is 4.06. The second-order valence-corrected chi connectivity index (χ2v) is 6.21. The number of aryl methyl sites for hydroxylation is 1. The van der Waals surface area contributed by atoms with Gasteiger partial charge in [-0.05, 0) is 38.5 Å².